The SMILES string of the molecule is CC(C1=C(c2ccccc2)Cc2ccccc2O1)n1ncc2c(N)ncnc21. The van der Waals surface area contributed by atoms with Crippen LogP contribution in [0.4, 0.5) is 5.82 Å². The zero-order valence-electron chi connectivity index (χ0n) is 15.4. The zero-order valence-corrected chi connectivity index (χ0v) is 15.4. The van der Waals surface area contributed by atoms with Crippen LogP contribution in [0.3, 0.4) is 0 Å². The summed E-state index contributed by atoms with van der Waals surface area (Å²) >= 11 is 0. The summed E-state index contributed by atoms with van der Waals surface area (Å²) < 4.78 is 8.25. The monoisotopic (exact) mass is 369 g/mol. The summed E-state index contributed by atoms with van der Waals surface area (Å²) in [4.78, 5) is 8.45. The van der Waals surface area contributed by atoms with E-state index in [1.807, 2.05) is 41.1 Å². The van der Waals surface area contributed by atoms with Crippen LogP contribution >= 0.6 is 0 Å². The molecule has 1 aliphatic heterocycles. The van der Waals surface area contributed by atoms with E-state index >= 15 is 0 Å². The van der Waals surface area contributed by atoms with E-state index in [1.54, 1.807) is 6.20 Å². The van der Waals surface area contributed by atoms with E-state index in [1.165, 1.54) is 11.9 Å². The summed E-state index contributed by atoms with van der Waals surface area (Å²) in [5, 5.41) is 5.28. The average Bonchev–Trinajstić information content (AvgIpc) is 3.18. The van der Waals surface area contributed by atoms with Gasteiger partial charge in [0.2, 0.25) is 0 Å². The highest BCUT2D eigenvalue weighted by atomic mass is 16.5. The van der Waals surface area contributed by atoms with Gasteiger partial charge in [-0.25, -0.2) is 14.6 Å². The lowest BCUT2D eigenvalue weighted by atomic mass is 9.92. The fourth-order valence-electron chi connectivity index (χ4n) is 3.70. The predicted molar refractivity (Wildman–Crippen MR) is 109 cm³/mol. The third-order valence-electron chi connectivity index (χ3n) is 5.15. The molecule has 4 aromatic rings. The molecular formula is C22H19N5O. The Balaban J connectivity index is 1.67. The Kier molecular flexibility index (Phi) is 3.83. The Morgan fingerprint density at radius 2 is 1.82 bits per heavy atom. The number of ether oxygens (including phenoxy) is 1. The lowest BCUT2D eigenvalue weighted by Gasteiger charge is -2.27. The number of nitrogens with zero attached hydrogens (tertiary/aromatic N) is 4. The molecule has 0 aliphatic carbocycles. The number of nitrogen functional groups attached to an aromatic ring is 1. The Hall–Kier alpha value is -3.67. The normalized spacial score (nSPS) is 14.6. The molecule has 6 nitrogen and oxygen atoms in total. The van der Waals surface area contributed by atoms with E-state index < -0.39 is 0 Å². The topological polar surface area (TPSA) is 78.9 Å². The van der Waals surface area contributed by atoms with E-state index in [9.17, 15) is 0 Å². The van der Waals surface area contributed by atoms with Gasteiger partial charge in [0.25, 0.3) is 0 Å². The summed E-state index contributed by atoms with van der Waals surface area (Å²) in [5.74, 6) is 2.18. The Morgan fingerprint density at radius 1 is 1.04 bits per heavy atom. The molecule has 0 fully saturated rings. The van der Waals surface area contributed by atoms with Crippen LogP contribution < -0.4 is 10.5 Å². The molecule has 138 valence electrons. The van der Waals surface area contributed by atoms with Crippen molar-refractivity contribution < 1.29 is 4.74 Å². The predicted octanol–water partition coefficient (Wildman–Crippen LogP) is 4.02. The van der Waals surface area contributed by atoms with E-state index in [0.29, 0.717) is 11.5 Å². The van der Waals surface area contributed by atoms with Gasteiger partial charge in [-0.3, -0.25) is 0 Å². The van der Waals surface area contributed by atoms with Gasteiger partial charge < -0.3 is 10.5 Å². The Labute approximate surface area is 162 Å². The molecular weight excluding hydrogens is 350 g/mol. The second kappa shape index (κ2) is 6.49. The van der Waals surface area contributed by atoms with Crippen molar-refractivity contribution in [3.05, 3.63) is 84.0 Å². The highest BCUT2D eigenvalue weighted by molar-refractivity contribution is 5.85. The van der Waals surface area contributed by atoms with Gasteiger partial charge in [0, 0.05) is 12.0 Å². The number of aromatic nitrogens is 4. The summed E-state index contributed by atoms with van der Waals surface area (Å²) in [6.07, 6.45) is 3.98. The first-order chi connectivity index (χ1) is 13.7. The summed E-state index contributed by atoms with van der Waals surface area (Å²) in [5.41, 5.74) is 10.1. The minimum Gasteiger partial charge on any atom is -0.459 e. The standard InChI is InChI=1S/C22H19N5O/c1-14(27-22-18(12-26-27)21(23)24-13-25-22)20-17(15-7-3-2-4-8-15)11-16-9-5-6-10-19(16)28-20/h2-10,12-14H,11H2,1H3,(H2,23,24,25). The summed E-state index contributed by atoms with van der Waals surface area (Å²) in [6.45, 7) is 2.07. The van der Waals surface area contributed by atoms with Crippen molar-refractivity contribution in [2.24, 2.45) is 0 Å². The molecule has 0 amide bonds. The van der Waals surface area contributed by atoms with Crippen LogP contribution in [0.5, 0.6) is 5.75 Å². The van der Waals surface area contributed by atoms with Gasteiger partial charge in [-0.05, 0) is 24.1 Å². The first-order valence-corrected chi connectivity index (χ1v) is 9.20. The molecule has 0 radical (unpaired) electrons. The van der Waals surface area contributed by atoms with Gasteiger partial charge in [0.05, 0.1) is 11.6 Å². The lowest BCUT2D eigenvalue weighted by molar-refractivity contribution is 0.338. The number of benzene rings is 2. The molecule has 6 heteroatoms. The number of rotatable bonds is 3. The molecule has 2 aromatic heterocycles. The molecule has 28 heavy (non-hydrogen) atoms. The van der Waals surface area contributed by atoms with Crippen LogP contribution in [-0.4, -0.2) is 19.7 Å². The smallest absolute Gasteiger partial charge is 0.163 e. The Morgan fingerprint density at radius 3 is 2.68 bits per heavy atom. The number of hydrogen-bond acceptors (Lipinski definition) is 5. The molecule has 3 heterocycles. The number of allylic oxidation sites excluding steroid dienone is 2. The van der Waals surface area contributed by atoms with Crippen LogP contribution in [0, 0.1) is 0 Å². The maximum Gasteiger partial charge on any atom is 0.163 e. The Bertz CT molecular complexity index is 1200. The molecule has 1 aliphatic rings. The van der Waals surface area contributed by atoms with Gasteiger partial charge in [-0.15, -0.1) is 0 Å². The molecule has 0 saturated carbocycles. The van der Waals surface area contributed by atoms with Crippen LogP contribution in [0.25, 0.3) is 16.6 Å². The van der Waals surface area contributed by atoms with E-state index in [2.05, 4.69) is 40.2 Å². The number of anilines is 1. The number of hydrogen-bond donors (Lipinski definition) is 1. The van der Waals surface area contributed by atoms with Crippen LogP contribution in [0.2, 0.25) is 0 Å². The number of nitrogens with two attached hydrogens (primary N) is 1. The van der Waals surface area contributed by atoms with Gasteiger partial charge in [0.1, 0.15) is 29.7 Å². The van der Waals surface area contributed by atoms with Crippen molar-refractivity contribution >= 4 is 22.4 Å². The molecule has 0 saturated heterocycles. The van der Waals surface area contributed by atoms with Crippen LogP contribution in [0.1, 0.15) is 24.1 Å². The van der Waals surface area contributed by atoms with Crippen molar-refractivity contribution in [3.8, 4) is 5.75 Å². The number of para-hydroxylation sites is 1. The van der Waals surface area contributed by atoms with Crippen molar-refractivity contribution in [2.75, 3.05) is 5.73 Å². The van der Waals surface area contributed by atoms with Gasteiger partial charge >= 0.3 is 0 Å². The van der Waals surface area contributed by atoms with Gasteiger partial charge in [0.15, 0.2) is 5.65 Å². The van der Waals surface area contributed by atoms with Crippen LogP contribution in [0.15, 0.2) is 72.9 Å². The number of fused-ring (bicyclic) bond motifs is 2. The molecule has 0 bridgehead atoms. The van der Waals surface area contributed by atoms with Crippen molar-refractivity contribution in [1.82, 2.24) is 19.7 Å². The van der Waals surface area contributed by atoms with E-state index in [0.717, 1.165) is 34.5 Å². The average molecular weight is 369 g/mol. The van der Waals surface area contributed by atoms with Crippen molar-refractivity contribution in [3.63, 3.8) is 0 Å². The molecule has 1 unspecified atom stereocenters. The lowest BCUT2D eigenvalue weighted by Crippen LogP contribution is -2.20. The first kappa shape index (κ1) is 16.5. The van der Waals surface area contributed by atoms with E-state index in [-0.39, 0.29) is 6.04 Å². The molecule has 0 spiro atoms. The van der Waals surface area contributed by atoms with E-state index in [4.69, 9.17) is 10.5 Å². The molecule has 2 N–H and O–H groups in total. The van der Waals surface area contributed by atoms with Crippen LogP contribution in [-0.2, 0) is 6.42 Å². The maximum absolute atomic E-state index is 6.41. The molecule has 5 rings (SSSR count). The fourth-order valence-corrected chi connectivity index (χ4v) is 3.70. The minimum atomic E-state index is -0.157. The second-order valence-corrected chi connectivity index (χ2v) is 6.86. The first-order valence-electron chi connectivity index (χ1n) is 9.20. The van der Waals surface area contributed by atoms with Crippen molar-refractivity contribution in [2.45, 2.75) is 19.4 Å². The second-order valence-electron chi connectivity index (χ2n) is 6.86. The highest BCUT2D eigenvalue weighted by Crippen LogP contribution is 2.39. The van der Waals surface area contributed by atoms with Crippen molar-refractivity contribution in [1.29, 1.82) is 0 Å². The fraction of sp³-hybridized carbons (Fsp3) is 0.136. The molecule has 2 aromatic carbocycles. The van der Waals surface area contributed by atoms with Gasteiger partial charge in [-0.2, -0.15) is 5.10 Å². The summed E-state index contributed by atoms with van der Waals surface area (Å²) in [6, 6.07) is 18.3. The quantitative estimate of drug-likeness (QED) is 0.590. The highest BCUT2D eigenvalue weighted by Gasteiger charge is 2.27. The van der Waals surface area contributed by atoms with Gasteiger partial charge in [-0.1, -0.05) is 48.5 Å². The minimum absolute atomic E-state index is 0.157. The maximum atomic E-state index is 6.41. The summed E-state index contributed by atoms with van der Waals surface area (Å²) in [7, 11) is 0. The zero-order chi connectivity index (χ0) is 19.1. The largest absolute Gasteiger partial charge is 0.459 e. The third kappa shape index (κ3) is 2.62. The third-order valence-corrected chi connectivity index (χ3v) is 5.15. The molecule has 1 atom stereocenters.